The lowest BCUT2D eigenvalue weighted by Gasteiger charge is -2.20. The van der Waals surface area contributed by atoms with Gasteiger partial charge in [-0.1, -0.05) is 0 Å². The average Bonchev–Trinajstić information content (AvgIpc) is 2.54. The molecule has 5 nitrogen and oxygen atoms in total. The van der Waals surface area contributed by atoms with Crippen LogP contribution < -0.4 is 5.73 Å². The lowest BCUT2D eigenvalue weighted by Crippen LogP contribution is -2.21. The minimum Gasteiger partial charge on any atom is -0.376 e. The third-order valence-electron chi connectivity index (χ3n) is 1.55. The van der Waals surface area contributed by atoms with E-state index in [1.165, 1.54) is 11.5 Å². The van der Waals surface area contributed by atoms with Crippen molar-refractivity contribution in [1.82, 2.24) is 9.36 Å². The highest BCUT2D eigenvalue weighted by molar-refractivity contribution is 7.05. The Hall–Kier alpha value is -0.720. The zero-order valence-corrected chi connectivity index (χ0v) is 7.21. The van der Waals surface area contributed by atoms with E-state index in [1.54, 1.807) is 0 Å². The number of nitrogens with two attached hydrogens (primary N) is 1. The van der Waals surface area contributed by atoms with Crippen molar-refractivity contribution in [2.75, 3.05) is 25.6 Å². The van der Waals surface area contributed by atoms with E-state index in [2.05, 4.69) is 9.36 Å². The van der Waals surface area contributed by atoms with Crippen molar-refractivity contribution >= 4 is 17.5 Å². The molecule has 2 N–H and O–H groups in total. The molecule has 1 aromatic heterocycles. The number of aromatic nitrogens is 2. The first-order chi connectivity index (χ1) is 5.86. The molecule has 1 aliphatic rings. The van der Waals surface area contributed by atoms with Gasteiger partial charge in [-0.2, -0.15) is 4.37 Å². The Morgan fingerprint density at radius 3 is 3.00 bits per heavy atom. The van der Waals surface area contributed by atoms with Gasteiger partial charge >= 0.3 is 0 Å². The second kappa shape index (κ2) is 3.34. The Morgan fingerprint density at radius 2 is 2.42 bits per heavy atom. The molecule has 66 valence electrons. The Morgan fingerprint density at radius 1 is 1.50 bits per heavy atom. The fourth-order valence-electron chi connectivity index (χ4n) is 1.01. The van der Waals surface area contributed by atoms with Crippen LogP contribution in [0.4, 0.5) is 5.95 Å². The van der Waals surface area contributed by atoms with Gasteiger partial charge in [0.25, 0.3) is 0 Å². The van der Waals surface area contributed by atoms with Gasteiger partial charge < -0.3 is 15.2 Å². The number of rotatable bonds is 1. The number of hydrogen-bond acceptors (Lipinski definition) is 6. The monoisotopic (exact) mass is 187 g/mol. The number of nitrogen functional groups attached to an aromatic ring is 1. The van der Waals surface area contributed by atoms with Crippen molar-refractivity contribution in [2.45, 2.75) is 6.10 Å². The van der Waals surface area contributed by atoms with E-state index in [0.29, 0.717) is 25.8 Å². The molecule has 0 amide bonds. The van der Waals surface area contributed by atoms with E-state index in [1.807, 2.05) is 0 Å². The molecule has 6 heteroatoms. The van der Waals surface area contributed by atoms with E-state index in [-0.39, 0.29) is 6.10 Å². The molecule has 0 spiro atoms. The van der Waals surface area contributed by atoms with Crippen molar-refractivity contribution in [3.63, 3.8) is 0 Å². The minimum absolute atomic E-state index is 0.0754. The van der Waals surface area contributed by atoms with Crippen molar-refractivity contribution in [2.24, 2.45) is 0 Å². The lowest BCUT2D eigenvalue weighted by atomic mass is 10.4. The van der Waals surface area contributed by atoms with Gasteiger partial charge in [-0.15, -0.1) is 0 Å². The summed E-state index contributed by atoms with van der Waals surface area (Å²) in [6.07, 6.45) is -0.0754. The lowest BCUT2D eigenvalue weighted by molar-refractivity contribution is -0.0901. The third-order valence-corrected chi connectivity index (χ3v) is 2.37. The van der Waals surface area contributed by atoms with Crippen LogP contribution >= 0.6 is 11.5 Å². The zero-order valence-electron chi connectivity index (χ0n) is 6.40. The Labute approximate surface area is 73.7 Å². The molecule has 0 aromatic carbocycles. The molecule has 1 atom stereocenters. The average molecular weight is 187 g/mol. The van der Waals surface area contributed by atoms with Gasteiger partial charge in [0.2, 0.25) is 5.95 Å². The van der Waals surface area contributed by atoms with Crippen LogP contribution in [0.3, 0.4) is 0 Å². The van der Waals surface area contributed by atoms with E-state index < -0.39 is 0 Å². The number of anilines is 1. The molecule has 0 saturated carbocycles. The highest BCUT2D eigenvalue weighted by atomic mass is 32.1. The smallest absolute Gasteiger partial charge is 0.232 e. The van der Waals surface area contributed by atoms with Crippen LogP contribution in [0, 0.1) is 0 Å². The van der Waals surface area contributed by atoms with Crippen molar-refractivity contribution in [1.29, 1.82) is 0 Å². The second-order valence-electron chi connectivity index (χ2n) is 2.43. The summed E-state index contributed by atoms with van der Waals surface area (Å²) < 4.78 is 14.5. The normalized spacial score (nSPS) is 24.2. The van der Waals surface area contributed by atoms with E-state index in [9.17, 15) is 0 Å². The van der Waals surface area contributed by atoms with Gasteiger partial charge in [0.15, 0.2) is 0 Å². The van der Waals surface area contributed by atoms with E-state index in [4.69, 9.17) is 15.2 Å². The number of hydrogen-bond donors (Lipinski definition) is 1. The topological polar surface area (TPSA) is 70.3 Å². The molecule has 1 aliphatic heterocycles. The predicted octanol–water partition coefficient (Wildman–Crippen LogP) is 0.208. The summed E-state index contributed by atoms with van der Waals surface area (Å²) in [7, 11) is 0. The molecule has 0 aliphatic carbocycles. The molecule has 12 heavy (non-hydrogen) atoms. The summed E-state index contributed by atoms with van der Waals surface area (Å²) in [4.78, 5) is 4.01. The third kappa shape index (κ3) is 1.55. The first kappa shape index (κ1) is 7.90. The highest BCUT2D eigenvalue weighted by Crippen LogP contribution is 2.22. The first-order valence-corrected chi connectivity index (χ1v) is 4.42. The number of nitrogens with zero attached hydrogens (tertiary/aromatic N) is 2. The van der Waals surface area contributed by atoms with Crippen LogP contribution in [0.1, 0.15) is 11.1 Å². The van der Waals surface area contributed by atoms with Crippen molar-refractivity contribution < 1.29 is 9.47 Å². The van der Waals surface area contributed by atoms with E-state index >= 15 is 0 Å². The first-order valence-electron chi connectivity index (χ1n) is 3.64. The molecule has 1 unspecified atom stereocenters. The largest absolute Gasteiger partial charge is 0.376 e. The molecule has 2 rings (SSSR count). The Balaban J connectivity index is 2.08. The zero-order chi connectivity index (χ0) is 8.39. The van der Waals surface area contributed by atoms with Crippen LogP contribution in [-0.2, 0) is 9.47 Å². The quantitative estimate of drug-likeness (QED) is 0.680. The SMILES string of the molecule is Nc1nsc(C2COCCO2)n1. The van der Waals surface area contributed by atoms with Gasteiger partial charge in [0.05, 0.1) is 19.8 Å². The highest BCUT2D eigenvalue weighted by Gasteiger charge is 2.20. The Bertz CT molecular complexity index is 259. The predicted molar refractivity (Wildman–Crippen MR) is 43.8 cm³/mol. The maximum Gasteiger partial charge on any atom is 0.232 e. The van der Waals surface area contributed by atoms with Crippen LogP contribution in [0.15, 0.2) is 0 Å². The summed E-state index contributed by atoms with van der Waals surface area (Å²) in [5, 5.41) is 0.798. The van der Waals surface area contributed by atoms with Crippen LogP contribution in [-0.4, -0.2) is 29.2 Å². The van der Waals surface area contributed by atoms with Gasteiger partial charge in [0.1, 0.15) is 11.1 Å². The minimum atomic E-state index is -0.0754. The maximum absolute atomic E-state index is 5.40. The molecule has 1 fully saturated rings. The van der Waals surface area contributed by atoms with Crippen LogP contribution in [0.25, 0.3) is 0 Å². The molecule has 0 radical (unpaired) electrons. The molecule has 2 heterocycles. The van der Waals surface area contributed by atoms with Gasteiger partial charge in [-0.25, -0.2) is 4.98 Å². The number of ether oxygens (including phenoxy) is 2. The summed E-state index contributed by atoms with van der Waals surface area (Å²) in [5.74, 6) is 0.309. The van der Waals surface area contributed by atoms with Crippen LogP contribution in [0.2, 0.25) is 0 Å². The summed E-state index contributed by atoms with van der Waals surface area (Å²) in [6.45, 7) is 1.82. The van der Waals surface area contributed by atoms with E-state index in [0.717, 1.165) is 5.01 Å². The second-order valence-corrected chi connectivity index (χ2v) is 3.21. The standard InChI is InChI=1S/C6H9N3O2S/c7-6-8-5(12-9-6)4-3-10-1-2-11-4/h4H,1-3H2,(H2,7,9). The van der Waals surface area contributed by atoms with Crippen molar-refractivity contribution in [3.8, 4) is 0 Å². The summed E-state index contributed by atoms with van der Waals surface area (Å²) in [6, 6.07) is 0. The van der Waals surface area contributed by atoms with Gasteiger partial charge in [0, 0.05) is 0 Å². The molecular formula is C6H9N3O2S. The fourth-order valence-corrected chi connectivity index (χ4v) is 1.62. The maximum atomic E-state index is 5.40. The summed E-state index contributed by atoms with van der Waals surface area (Å²) >= 11 is 1.26. The van der Waals surface area contributed by atoms with Crippen LogP contribution in [0.5, 0.6) is 0 Å². The molecule has 0 bridgehead atoms. The summed E-state index contributed by atoms with van der Waals surface area (Å²) in [5.41, 5.74) is 5.38. The fraction of sp³-hybridized carbons (Fsp3) is 0.667. The Kier molecular flexibility index (Phi) is 2.20. The molecular weight excluding hydrogens is 178 g/mol. The molecule has 1 saturated heterocycles. The van der Waals surface area contributed by atoms with Gasteiger partial charge in [-0.05, 0) is 11.5 Å². The molecule has 1 aromatic rings. The van der Waals surface area contributed by atoms with Crippen molar-refractivity contribution in [3.05, 3.63) is 5.01 Å². The van der Waals surface area contributed by atoms with Gasteiger partial charge in [-0.3, -0.25) is 0 Å².